The van der Waals surface area contributed by atoms with Crippen molar-refractivity contribution in [2.45, 2.75) is 44.9 Å². The normalized spacial score (nSPS) is 20.9. The highest BCUT2D eigenvalue weighted by Gasteiger charge is 2.45. The van der Waals surface area contributed by atoms with Gasteiger partial charge in [-0.15, -0.1) is 0 Å². The number of ether oxygens (including phenoxy) is 1. The maximum absolute atomic E-state index is 13.0. The summed E-state index contributed by atoms with van der Waals surface area (Å²) in [6.45, 7) is 5.06. The van der Waals surface area contributed by atoms with E-state index in [0.29, 0.717) is 30.4 Å². The Morgan fingerprint density at radius 2 is 2.14 bits per heavy atom. The number of hydrogen-bond acceptors (Lipinski definition) is 4. The molecule has 148 valence electrons. The Morgan fingerprint density at radius 3 is 2.93 bits per heavy atom. The molecule has 2 aliphatic rings. The molecule has 2 heterocycles. The third-order valence-electron chi connectivity index (χ3n) is 5.95. The van der Waals surface area contributed by atoms with Crippen LogP contribution < -0.4 is 15.6 Å². The maximum atomic E-state index is 13.0. The molecule has 1 spiro atoms. The number of carbonyl (C=O) groups excluding carboxylic acids is 1. The van der Waals surface area contributed by atoms with Crippen molar-refractivity contribution in [3.63, 3.8) is 0 Å². The Hall–Kier alpha value is -2.83. The summed E-state index contributed by atoms with van der Waals surface area (Å²) < 4.78 is 5.37. The number of urea groups is 1. The van der Waals surface area contributed by atoms with Crippen LogP contribution in [0.3, 0.4) is 0 Å². The molecule has 7 heteroatoms. The number of aromatic amines is 1. The molecule has 1 aromatic carbocycles. The molecule has 1 unspecified atom stereocenters. The van der Waals surface area contributed by atoms with E-state index >= 15 is 0 Å². The summed E-state index contributed by atoms with van der Waals surface area (Å²) in [4.78, 5) is 34.6. The maximum Gasteiger partial charge on any atom is 0.321 e. The van der Waals surface area contributed by atoms with Gasteiger partial charge in [-0.05, 0) is 57.2 Å². The van der Waals surface area contributed by atoms with Crippen molar-refractivity contribution in [3.05, 3.63) is 51.2 Å². The van der Waals surface area contributed by atoms with Crippen molar-refractivity contribution in [1.29, 1.82) is 0 Å². The minimum absolute atomic E-state index is 0.0366. The first kappa shape index (κ1) is 18.5. The van der Waals surface area contributed by atoms with Crippen molar-refractivity contribution in [2.75, 3.05) is 25.5 Å². The molecule has 1 atom stereocenters. The molecule has 0 saturated carbocycles. The Balaban J connectivity index is 1.58. The van der Waals surface area contributed by atoms with E-state index in [1.807, 2.05) is 36.9 Å². The lowest BCUT2D eigenvalue weighted by molar-refractivity contribution is 0.157. The van der Waals surface area contributed by atoms with Gasteiger partial charge in [0.2, 0.25) is 0 Å². The van der Waals surface area contributed by atoms with E-state index in [1.54, 1.807) is 7.11 Å². The van der Waals surface area contributed by atoms with Crippen LogP contribution in [0, 0.1) is 13.8 Å². The third kappa shape index (κ3) is 3.15. The molecular formula is C21H26N4O3. The summed E-state index contributed by atoms with van der Waals surface area (Å²) in [5.41, 5.74) is 3.14. The van der Waals surface area contributed by atoms with Crippen molar-refractivity contribution < 1.29 is 9.53 Å². The lowest BCUT2D eigenvalue weighted by atomic mass is 9.77. The van der Waals surface area contributed by atoms with Gasteiger partial charge in [-0.25, -0.2) is 9.78 Å². The molecule has 28 heavy (non-hydrogen) atoms. The van der Waals surface area contributed by atoms with Crippen LogP contribution in [-0.4, -0.2) is 41.1 Å². The lowest BCUT2D eigenvalue weighted by Gasteiger charge is -2.40. The monoisotopic (exact) mass is 382 g/mol. The standard InChI is InChI=1S/C21H26N4O3/c1-13-5-6-17(28-3)16(11-13)24-20(27)25-10-4-8-21(12-25)9-7-15-18(21)22-14(2)23-19(15)26/h5-6,11H,4,7-10,12H2,1-3H3,(H,24,27)(H,22,23,26). The van der Waals surface area contributed by atoms with E-state index in [4.69, 9.17) is 4.74 Å². The van der Waals surface area contributed by atoms with E-state index < -0.39 is 0 Å². The minimum Gasteiger partial charge on any atom is -0.495 e. The average molecular weight is 382 g/mol. The number of fused-ring (bicyclic) bond motifs is 2. The van der Waals surface area contributed by atoms with E-state index in [2.05, 4.69) is 15.3 Å². The smallest absolute Gasteiger partial charge is 0.321 e. The zero-order valence-corrected chi connectivity index (χ0v) is 16.6. The van der Waals surface area contributed by atoms with Gasteiger partial charge >= 0.3 is 6.03 Å². The van der Waals surface area contributed by atoms with E-state index in [-0.39, 0.29) is 17.0 Å². The number of nitrogens with one attached hydrogen (secondary N) is 2. The number of piperidine rings is 1. The first-order valence-corrected chi connectivity index (χ1v) is 9.73. The second-order valence-corrected chi connectivity index (χ2v) is 7.92. The molecule has 2 N–H and O–H groups in total. The highest BCUT2D eigenvalue weighted by atomic mass is 16.5. The van der Waals surface area contributed by atoms with Gasteiger partial charge < -0.3 is 19.9 Å². The van der Waals surface area contributed by atoms with Crippen LogP contribution >= 0.6 is 0 Å². The van der Waals surface area contributed by atoms with Crippen molar-refractivity contribution in [2.24, 2.45) is 0 Å². The Bertz CT molecular complexity index is 984. The van der Waals surface area contributed by atoms with E-state index in [0.717, 1.165) is 42.5 Å². The quantitative estimate of drug-likeness (QED) is 0.836. The first-order valence-electron chi connectivity index (χ1n) is 9.73. The van der Waals surface area contributed by atoms with Gasteiger partial charge in [-0.1, -0.05) is 6.07 Å². The molecule has 1 aromatic heterocycles. The van der Waals surface area contributed by atoms with Crippen molar-refractivity contribution >= 4 is 11.7 Å². The summed E-state index contributed by atoms with van der Waals surface area (Å²) in [6.07, 6.45) is 3.43. The summed E-state index contributed by atoms with van der Waals surface area (Å²) in [5, 5.41) is 3.00. The number of amides is 2. The summed E-state index contributed by atoms with van der Waals surface area (Å²) >= 11 is 0. The minimum atomic E-state index is -0.222. The van der Waals surface area contributed by atoms with Crippen LogP contribution in [0.2, 0.25) is 0 Å². The molecule has 1 aliphatic carbocycles. The largest absolute Gasteiger partial charge is 0.495 e. The number of nitrogens with zero attached hydrogens (tertiary/aromatic N) is 2. The fourth-order valence-electron chi connectivity index (χ4n) is 4.58. The first-order chi connectivity index (χ1) is 13.4. The average Bonchev–Trinajstić information content (AvgIpc) is 3.00. The summed E-state index contributed by atoms with van der Waals surface area (Å²) in [7, 11) is 1.59. The van der Waals surface area contributed by atoms with Crippen LogP contribution in [0.4, 0.5) is 10.5 Å². The fourth-order valence-corrected chi connectivity index (χ4v) is 4.58. The van der Waals surface area contributed by atoms with Crippen LogP contribution in [0.15, 0.2) is 23.0 Å². The zero-order valence-electron chi connectivity index (χ0n) is 16.6. The Morgan fingerprint density at radius 1 is 1.32 bits per heavy atom. The number of anilines is 1. The van der Waals surface area contributed by atoms with Crippen molar-refractivity contribution in [1.82, 2.24) is 14.9 Å². The van der Waals surface area contributed by atoms with Gasteiger partial charge in [0.05, 0.1) is 18.5 Å². The highest BCUT2D eigenvalue weighted by Crippen LogP contribution is 2.43. The van der Waals surface area contributed by atoms with Crippen molar-refractivity contribution in [3.8, 4) is 5.75 Å². The lowest BCUT2D eigenvalue weighted by Crippen LogP contribution is -2.49. The highest BCUT2D eigenvalue weighted by molar-refractivity contribution is 5.91. The van der Waals surface area contributed by atoms with E-state index in [1.165, 1.54) is 0 Å². The molecule has 2 aromatic rings. The number of likely N-dealkylation sites (tertiary alicyclic amines) is 1. The van der Waals surface area contributed by atoms with Crippen LogP contribution in [0.5, 0.6) is 5.75 Å². The van der Waals surface area contributed by atoms with Gasteiger partial charge in [0, 0.05) is 24.1 Å². The number of hydrogen-bond donors (Lipinski definition) is 2. The molecule has 0 radical (unpaired) electrons. The zero-order chi connectivity index (χ0) is 19.9. The topological polar surface area (TPSA) is 87.3 Å². The fraction of sp³-hybridized carbons (Fsp3) is 0.476. The van der Waals surface area contributed by atoms with Crippen LogP contribution in [-0.2, 0) is 11.8 Å². The number of carbonyl (C=O) groups is 1. The second-order valence-electron chi connectivity index (χ2n) is 7.92. The van der Waals surface area contributed by atoms with Gasteiger partial charge in [-0.2, -0.15) is 0 Å². The van der Waals surface area contributed by atoms with Crippen LogP contribution in [0.1, 0.15) is 41.9 Å². The van der Waals surface area contributed by atoms with Gasteiger partial charge in [0.1, 0.15) is 11.6 Å². The van der Waals surface area contributed by atoms with Gasteiger partial charge in [0.15, 0.2) is 0 Å². The number of aromatic nitrogens is 2. The Kier molecular flexibility index (Phi) is 4.61. The molecule has 2 amide bonds. The number of benzene rings is 1. The number of H-pyrrole nitrogens is 1. The number of methoxy groups -OCH3 is 1. The summed E-state index contributed by atoms with van der Waals surface area (Å²) in [5.74, 6) is 1.27. The molecule has 7 nitrogen and oxygen atoms in total. The predicted molar refractivity (Wildman–Crippen MR) is 107 cm³/mol. The molecule has 1 aliphatic heterocycles. The van der Waals surface area contributed by atoms with Gasteiger partial charge in [-0.3, -0.25) is 4.79 Å². The molecular weight excluding hydrogens is 356 g/mol. The molecule has 0 bridgehead atoms. The third-order valence-corrected chi connectivity index (χ3v) is 5.95. The number of rotatable bonds is 2. The molecule has 4 rings (SSSR count). The summed E-state index contributed by atoms with van der Waals surface area (Å²) in [6, 6.07) is 5.57. The van der Waals surface area contributed by atoms with Gasteiger partial charge in [0.25, 0.3) is 5.56 Å². The second kappa shape index (κ2) is 6.96. The Labute approximate surface area is 164 Å². The number of aryl methyl sites for hydroxylation is 2. The molecule has 1 fully saturated rings. The predicted octanol–water partition coefficient (Wildman–Crippen LogP) is 2.91. The van der Waals surface area contributed by atoms with Crippen LogP contribution in [0.25, 0.3) is 0 Å². The van der Waals surface area contributed by atoms with E-state index in [9.17, 15) is 9.59 Å². The molecule has 1 saturated heterocycles. The SMILES string of the molecule is COc1ccc(C)cc1NC(=O)N1CCCC2(CCc3c2nc(C)[nH]c3=O)C1.